The number of rotatable bonds is 0. The van der Waals surface area contributed by atoms with Gasteiger partial charge in [-0.25, -0.2) is 0 Å². The lowest BCUT2D eigenvalue weighted by atomic mass is 10.1. The highest BCUT2D eigenvalue weighted by atomic mass is 79.9. The molecule has 56 valence electrons. The molecule has 1 aromatic carbocycles. The van der Waals surface area contributed by atoms with Crippen LogP contribution in [0.2, 0.25) is 0 Å². The SMILES string of the molecule is Brc1cccc2c1=CCCC=2. The van der Waals surface area contributed by atoms with Crippen molar-refractivity contribution in [2.45, 2.75) is 12.8 Å². The predicted molar refractivity (Wildman–Crippen MR) is 51.6 cm³/mol. The van der Waals surface area contributed by atoms with Gasteiger partial charge in [0.15, 0.2) is 0 Å². The molecule has 2 rings (SSSR count). The van der Waals surface area contributed by atoms with E-state index in [2.05, 4.69) is 46.3 Å². The van der Waals surface area contributed by atoms with Gasteiger partial charge in [0.1, 0.15) is 0 Å². The Morgan fingerprint density at radius 3 is 2.73 bits per heavy atom. The van der Waals surface area contributed by atoms with E-state index in [0.29, 0.717) is 0 Å². The fraction of sp³-hybridized carbons (Fsp3) is 0.200. The molecule has 0 radical (unpaired) electrons. The molecule has 1 heteroatoms. The summed E-state index contributed by atoms with van der Waals surface area (Å²) in [7, 11) is 0. The van der Waals surface area contributed by atoms with Crippen LogP contribution in [0.25, 0.3) is 12.2 Å². The third kappa shape index (κ3) is 1.25. The second-order valence-corrected chi connectivity index (χ2v) is 3.58. The molecule has 0 N–H and O–H groups in total. The van der Waals surface area contributed by atoms with Gasteiger partial charge in [-0.2, -0.15) is 0 Å². The van der Waals surface area contributed by atoms with Crippen LogP contribution >= 0.6 is 15.9 Å². The average molecular weight is 209 g/mol. The van der Waals surface area contributed by atoms with Gasteiger partial charge in [0.2, 0.25) is 0 Å². The minimum absolute atomic E-state index is 1.18. The molecule has 1 aliphatic rings. The van der Waals surface area contributed by atoms with E-state index >= 15 is 0 Å². The van der Waals surface area contributed by atoms with Crippen molar-refractivity contribution >= 4 is 28.1 Å². The van der Waals surface area contributed by atoms with E-state index in [4.69, 9.17) is 0 Å². The molecule has 0 fully saturated rings. The normalized spacial score (nSPS) is 14.6. The quantitative estimate of drug-likeness (QED) is 0.611. The molecule has 0 saturated heterocycles. The Hall–Kier alpha value is -0.560. The summed E-state index contributed by atoms with van der Waals surface area (Å²) in [5, 5.41) is 2.73. The van der Waals surface area contributed by atoms with Crippen molar-refractivity contribution in [3.8, 4) is 0 Å². The van der Waals surface area contributed by atoms with Crippen molar-refractivity contribution in [2.75, 3.05) is 0 Å². The van der Waals surface area contributed by atoms with Crippen LogP contribution in [0.4, 0.5) is 0 Å². The van der Waals surface area contributed by atoms with Crippen LogP contribution in [-0.2, 0) is 0 Å². The first-order chi connectivity index (χ1) is 5.38. The Labute approximate surface area is 74.4 Å². The van der Waals surface area contributed by atoms with E-state index in [0.717, 1.165) is 0 Å². The molecule has 1 aliphatic carbocycles. The molecule has 0 amide bonds. The number of hydrogen-bond acceptors (Lipinski definition) is 0. The Kier molecular flexibility index (Phi) is 1.82. The van der Waals surface area contributed by atoms with E-state index in [1.807, 2.05) is 0 Å². The van der Waals surface area contributed by atoms with Crippen molar-refractivity contribution in [3.05, 3.63) is 33.1 Å². The second-order valence-electron chi connectivity index (χ2n) is 2.73. The number of halogens is 1. The molecular formula is C10H9Br. The molecule has 1 aromatic rings. The Balaban J connectivity index is 2.88. The molecule has 0 atom stereocenters. The summed E-state index contributed by atoms with van der Waals surface area (Å²) in [6.45, 7) is 0. The number of hydrogen-bond donors (Lipinski definition) is 0. The fourth-order valence-corrected chi connectivity index (χ4v) is 1.96. The van der Waals surface area contributed by atoms with Gasteiger partial charge in [-0.15, -0.1) is 0 Å². The minimum atomic E-state index is 1.18. The van der Waals surface area contributed by atoms with Gasteiger partial charge in [0.05, 0.1) is 0 Å². The largest absolute Gasteiger partial charge is 0.0763 e. The average Bonchev–Trinajstić information content (AvgIpc) is 2.06. The maximum absolute atomic E-state index is 3.53. The van der Waals surface area contributed by atoms with Crippen LogP contribution in [0, 0.1) is 0 Å². The van der Waals surface area contributed by atoms with Crippen LogP contribution in [0.3, 0.4) is 0 Å². The smallest absolute Gasteiger partial charge is 0.0250 e. The third-order valence-electron chi connectivity index (χ3n) is 1.97. The molecule has 0 bridgehead atoms. The predicted octanol–water partition coefficient (Wildman–Crippen LogP) is 1.80. The lowest BCUT2D eigenvalue weighted by Crippen LogP contribution is -2.27. The Morgan fingerprint density at radius 2 is 1.91 bits per heavy atom. The van der Waals surface area contributed by atoms with E-state index < -0.39 is 0 Å². The lowest BCUT2D eigenvalue weighted by molar-refractivity contribution is 1.11. The van der Waals surface area contributed by atoms with Crippen molar-refractivity contribution < 1.29 is 0 Å². The zero-order valence-electron chi connectivity index (χ0n) is 6.18. The van der Waals surface area contributed by atoms with Crippen LogP contribution in [-0.4, -0.2) is 0 Å². The van der Waals surface area contributed by atoms with Gasteiger partial charge in [-0.05, 0) is 29.3 Å². The topological polar surface area (TPSA) is 0 Å². The molecule has 0 nitrogen and oxygen atoms in total. The standard InChI is InChI=1S/C10H9Br/c11-10-7-3-5-8-4-1-2-6-9(8)10/h3-7H,1-2H2. The van der Waals surface area contributed by atoms with Gasteiger partial charge in [0, 0.05) is 4.47 Å². The zero-order chi connectivity index (χ0) is 7.68. The summed E-state index contributed by atoms with van der Waals surface area (Å²) in [5.41, 5.74) is 0. The maximum Gasteiger partial charge on any atom is 0.0250 e. The van der Waals surface area contributed by atoms with Crippen LogP contribution < -0.4 is 10.4 Å². The molecule has 0 heterocycles. The molecule has 0 unspecified atom stereocenters. The third-order valence-corrected chi connectivity index (χ3v) is 2.66. The van der Waals surface area contributed by atoms with Crippen molar-refractivity contribution in [3.63, 3.8) is 0 Å². The summed E-state index contributed by atoms with van der Waals surface area (Å²) in [5.74, 6) is 0. The van der Waals surface area contributed by atoms with E-state index in [1.165, 1.54) is 27.8 Å². The second kappa shape index (κ2) is 2.82. The fourth-order valence-electron chi connectivity index (χ4n) is 1.41. The summed E-state index contributed by atoms with van der Waals surface area (Å²) < 4.78 is 1.21. The van der Waals surface area contributed by atoms with Crippen molar-refractivity contribution in [1.29, 1.82) is 0 Å². The van der Waals surface area contributed by atoms with Gasteiger partial charge in [0.25, 0.3) is 0 Å². The summed E-state index contributed by atoms with van der Waals surface area (Å²) in [4.78, 5) is 0. The number of fused-ring (bicyclic) bond motifs is 1. The maximum atomic E-state index is 3.53. The molecular weight excluding hydrogens is 200 g/mol. The van der Waals surface area contributed by atoms with Crippen LogP contribution in [0.1, 0.15) is 12.8 Å². The molecule has 0 aromatic heterocycles. The Morgan fingerprint density at radius 1 is 1.09 bits per heavy atom. The molecule has 0 saturated carbocycles. The van der Waals surface area contributed by atoms with E-state index in [-0.39, 0.29) is 0 Å². The molecule has 11 heavy (non-hydrogen) atoms. The van der Waals surface area contributed by atoms with Gasteiger partial charge >= 0.3 is 0 Å². The molecule has 0 aliphatic heterocycles. The molecule has 0 spiro atoms. The van der Waals surface area contributed by atoms with Crippen molar-refractivity contribution in [2.24, 2.45) is 0 Å². The monoisotopic (exact) mass is 208 g/mol. The summed E-state index contributed by atoms with van der Waals surface area (Å²) >= 11 is 3.53. The Bertz CT molecular complexity index is 376. The highest BCUT2D eigenvalue weighted by Gasteiger charge is 1.95. The number of benzene rings is 1. The van der Waals surface area contributed by atoms with Gasteiger partial charge < -0.3 is 0 Å². The van der Waals surface area contributed by atoms with E-state index in [9.17, 15) is 0 Å². The highest BCUT2D eigenvalue weighted by Crippen LogP contribution is 2.02. The zero-order valence-corrected chi connectivity index (χ0v) is 7.76. The summed E-state index contributed by atoms with van der Waals surface area (Å²) in [6, 6.07) is 6.34. The van der Waals surface area contributed by atoms with Gasteiger partial charge in [-0.3, -0.25) is 0 Å². The first-order valence-electron chi connectivity index (χ1n) is 3.83. The van der Waals surface area contributed by atoms with Gasteiger partial charge in [-0.1, -0.05) is 40.2 Å². The van der Waals surface area contributed by atoms with Crippen LogP contribution in [0.15, 0.2) is 22.7 Å². The summed E-state index contributed by atoms with van der Waals surface area (Å²) in [6.07, 6.45) is 6.94. The first kappa shape index (κ1) is 7.11. The lowest BCUT2D eigenvalue weighted by Gasteiger charge is -2.00. The van der Waals surface area contributed by atoms with Crippen LogP contribution in [0.5, 0.6) is 0 Å². The van der Waals surface area contributed by atoms with Crippen molar-refractivity contribution in [1.82, 2.24) is 0 Å². The first-order valence-corrected chi connectivity index (χ1v) is 4.62. The highest BCUT2D eigenvalue weighted by molar-refractivity contribution is 9.10. The van der Waals surface area contributed by atoms with E-state index in [1.54, 1.807) is 0 Å². The minimum Gasteiger partial charge on any atom is -0.0763 e.